The summed E-state index contributed by atoms with van der Waals surface area (Å²) in [5.41, 5.74) is 2.49. The Morgan fingerprint density at radius 2 is 1.47 bits per heavy atom. The Morgan fingerprint density at radius 3 is 2.06 bits per heavy atom. The van der Waals surface area contributed by atoms with Crippen LogP contribution in [0.2, 0.25) is 0 Å². The molecule has 0 atom stereocenters. The van der Waals surface area contributed by atoms with E-state index in [-0.39, 0.29) is 24.3 Å². The van der Waals surface area contributed by atoms with Crippen molar-refractivity contribution in [2.45, 2.75) is 20.3 Å². The highest BCUT2D eigenvalue weighted by molar-refractivity contribution is 5.97. The minimum atomic E-state index is -0.215. The Bertz CT molecular complexity index is 878. The average molecular weight is 441 g/mol. The normalized spacial score (nSPS) is 10.3. The molecule has 8 nitrogen and oxygen atoms in total. The third-order valence-corrected chi connectivity index (χ3v) is 4.88. The van der Waals surface area contributed by atoms with Crippen LogP contribution < -0.4 is 16.0 Å². The molecular formula is C24H32N4O4. The predicted octanol–water partition coefficient (Wildman–Crippen LogP) is 2.99. The van der Waals surface area contributed by atoms with Crippen molar-refractivity contribution in [3.63, 3.8) is 0 Å². The number of hydrogen-bond acceptors (Lipinski definition) is 5. The van der Waals surface area contributed by atoms with E-state index in [0.29, 0.717) is 43.1 Å². The van der Waals surface area contributed by atoms with Gasteiger partial charge in [-0.15, -0.1) is 0 Å². The first-order valence-electron chi connectivity index (χ1n) is 10.8. The van der Waals surface area contributed by atoms with Crippen LogP contribution in [0.15, 0.2) is 48.5 Å². The number of carbonyl (C=O) groups is 3. The van der Waals surface area contributed by atoms with E-state index in [9.17, 15) is 14.4 Å². The van der Waals surface area contributed by atoms with Crippen molar-refractivity contribution in [1.82, 2.24) is 10.2 Å². The first-order chi connectivity index (χ1) is 15.5. The number of nitrogens with zero attached hydrogens (tertiary/aromatic N) is 1. The molecular weight excluding hydrogens is 408 g/mol. The molecule has 3 N–H and O–H groups in total. The van der Waals surface area contributed by atoms with Crippen LogP contribution >= 0.6 is 0 Å². The van der Waals surface area contributed by atoms with E-state index in [1.54, 1.807) is 60.5 Å². The van der Waals surface area contributed by atoms with Gasteiger partial charge in [-0.1, -0.05) is 0 Å². The number of carbonyl (C=O) groups excluding carboxylic acids is 3. The van der Waals surface area contributed by atoms with Gasteiger partial charge in [-0.25, -0.2) is 0 Å². The van der Waals surface area contributed by atoms with Crippen LogP contribution in [0.5, 0.6) is 0 Å². The van der Waals surface area contributed by atoms with E-state index in [0.717, 1.165) is 12.1 Å². The Hall–Kier alpha value is -3.39. The first-order valence-corrected chi connectivity index (χ1v) is 10.8. The molecule has 0 saturated carbocycles. The molecule has 0 unspecified atom stereocenters. The van der Waals surface area contributed by atoms with Crippen LogP contribution in [0.3, 0.4) is 0 Å². The molecule has 0 saturated heterocycles. The molecule has 0 aromatic heterocycles. The second-order valence-corrected chi connectivity index (χ2v) is 7.14. The lowest BCUT2D eigenvalue weighted by Gasteiger charge is -2.18. The molecule has 0 radical (unpaired) electrons. The Kier molecular flexibility index (Phi) is 10.2. The molecule has 2 aromatic rings. The Morgan fingerprint density at radius 1 is 0.875 bits per heavy atom. The van der Waals surface area contributed by atoms with Crippen molar-refractivity contribution in [3.8, 4) is 0 Å². The summed E-state index contributed by atoms with van der Waals surface area (Å²) in [7, 11) is 1.63. The second kappa shape index (κ2) is 13.1. The number of hydrogen-bond donors (Lipinski definition) is 3. The monoisotopic (exact) mass is 440 g/mol. The molecule has 0 aliphatic carbocycles. The molecule has 2 aromatic carbocycles. The maximum absolute atomic E-state index is 12.3. The van der Waals surface area contributed by atoms with Gasteiger partial charge in [-0.3, -0.25) is 14.4 Å². The summed E-state index contributed by atoms with van der Waals surface area (Å²) in [6.07, 6.45) is 0.756. The fraction of sp³-hybridized carbons (Fsp3) is 0.375. The third-order valence-electron chi connectivity index (χ3n) is 4.88. The van der Waals surface area contributed by atoms with Crippen LogP contribution in [0.1, 0.15) is 41.0 Å². The van der Waals surface area contributed by atoms with Crippen LogP contribution in [0.4, 0.5) is 11.4 Å². The van der Waals surface area contributed by atoms with Gasteiger partial charge in [0, 0.05) is 55.9 Å². The summed E-state index contributed by atoms with van der Waals surface area (Å²) < 4.78 is 4.95. The molecule has 0 aliphatic rings. The summed E-state index contributed by atoms with van der Waals surface area (Å²) in [5.74, 6) is -0.386. The molecule has 0 spiro atoms. The Balaban J connectivity index is 1.80. The summed E-state index contributed by atoms with van der Waals surface area (Å²) >= 11 is 0. The molecule has 8 heteroatoms. The van der Waals surface area contributed by atoms with Crippen LogP contribution in [-0.4, -0.2) is 62.5 Å². The van der Waals surface area contributed by atoms with Gasteiger partial charge in [0.15, 0.2) is 0 Å². The van der Waals surface area contributed by atoms with Gasteiger partial charge in [-0.05, 0) is 68.8 Å². The highest BCUT2D eigenvalue weighted by atomic mass is 16.5. The zero-order valence-corrected chi connectivity index (χ0v) is 18.9. The van der Waals surface area contributed by atoms with Crippen molar-refractivity contribution >= 4 is 29.1 Å². The minimum Gasteiger partial charge on any atom is -0.385 e. The molecule has 2 rings (SSSR count). The zero-order chi connectivity index (χ0) is 23.3. The number of rotatable bonds is 12. The molecule has 0 fully saturated rings. The molecule has 0 aliphatic heterocycles. The highest BCUT2D eigenvalue weighted by Gasteiger charge is 2.12. The maximum Gasteiger partial charge on any atom is 0.253 e. The molecule has 32 heavy (non-hydrogen) atoms. The number of ether oxygens (including phenoxy) is 1. The smallest absolute Gasteiger partial charge is 0.253 e. The summed E-state index contributed by atoms with van der Waals surface area (Å²) in [5, 5.41) is 8.65. The van der Waals surface area contributed by atoms with E-state index < -0.39 is 0 Å². The van der Waals surface area contributed by atoms with E-state index in [1.165, 1.54) is 0 Å². The molecule has 172 valence electrons. The van der Waals surface area contributed by atoms with E-state index in [2.05, 4.69) is 16.0 Å². The van der Waals surface area contributed by atoms with Crippen molar-refractivity contribution in [1.29, 1.82) is 0 Å². The average Bonchev–Trinajstić information content (AvgIpc) is 2.82. The molecule has 3 amide bonds. The van der Waals surface area contributed by atoms with E-state index in [1.807, 2.05) is 13.8 Å². The quantitative estimate of drug-likeness (QED) is 0.441. The van der Waals surface area contributed by atoms with Crippen molar-refractivity contribution in [3.05, 3.63) is 59.7 Å². The number of anilines is 2. The summed E-state index contributed by atoms with van der Waals surface area (Å²) in [6, 6.07) is 13.8. The fourth-order valence-electron chi connectivity index (χ4n) is 3.04. The summed E-state index contributed by atoms with van der Waals surface area (Å²) in [6.45, 7) is 6.41. The lowest BCUT2D eigenvalue weighted by atomic mass is 10.1. The van der Waals surface area contributed by atoms with Crippen molar-refractivity contribution in [2.75, 3.05) is 50.5 Å². The van der Waals surface area contributed by atoms with Crippen LogP contribution in [-0.2, 0) is 9.53 Å². The maximum atomic E-state index is 12.3. The van der Waals surface area contributed by atoms with Crippen LogP contribution in [0.25, 0.3) is 0 Å². The topological polar surface area (TPSA) is 99.8 Å². The van der Waals surface area contributed by atoms with Crippen LogP contribution in [0, 0.1) is 0 Å². The van der Waals surface area contributed by atoms with Crippen molar-refractivity contribution < 1.29 is 19.1 Å². The first kappa shape index (κ1) is 24.9. The predicted molar refractivity (Wildman–Crippen MR) is 126 cm³/mol. The Labute approximate surface area is 189 Å². The van der Waals surface area contributed by atoms with Gasteiger partial charge in [0.05, 0.1) is 6.54 Å². The van der Waals surface area contributed by atoms with Gasteiger partial charge < -0.3 is 25.6 Å². The fourth-order valence-corrected chi connectivity index (χ4v) is 3.04. The minimum absolute atomic E-state index is 0.0263. The van der Waals surface area contributed by atoms with Gasteiger partial charge in [0.2, 0.25) is 5.91 Å². The van der Waals surface area contributed by atoms with Crippen molar-refractivity contribution in [2.24, 2.45) is 0 Å². The van der Waals surface area contributed by atoms with Gasteiger partial charge in [0.25, 0.3) is 11.8 Å². The zero-order valence-electron chi connectivity index (χ0n) is 18.9. The lowest BCUT2D eigenvalue weighted by Crippen LogP contribution is -2.30. The largest absolute Gasteiger partial charge is 0.385 e. The second-order valence-electron chi connectivity index (χ2n) is 7.14. The van der Waals surface area contributed by atoms with Gasteiger partial charge >= 0.3 is 0 Å². The van der Waals surface area contributed by atoms with Gasteiger partial charge in [-0.2, -0.15) is 0 Å². The number of benzene rings is 2. The number of amides is 3. The highest BCUT2D eigenvalue weighted by Crippen LogP contribution is 2.13. The molecule has 0 bridgehead atoms. The SMILES string of the molecule is CCN(CC)C(=O)c1ccc(NC(=O)CNc2ccc(C(=O)NCCCOC)cc2)cc1. The third kappa shape index (κ3) is 7.70. The van der Waals surface area contributed by atoms with E-state index >= 15 is 0 Å². The standard InChI is InChI=1S/C24H32N4O4/c1-4-28(5-2)24(31)19-9-13-21(14-10-19)27-22(29)17-26-20-11-7-18(8-12-20)23(30)25-15-6-16-32-3/h7-14,26H,4-6,15-17H2,1-3H3,(H,25,30)(H,27,29). The summed E-state index contributed by atoms with van der Waals surface area (Å²) in [4.78, 5) is 38.4. The van der Waals surface area contributed by atoms with Gasteiger partial charge in [0.1, 0.15) is 0 Å². The molecule has 0 heterocycles. The lowest BCUT2D eigenvalue weighted by molar-refractivity contribution is -0.114. The number of nitrogens with one attached hydrogen (secondary N) is 3. The number of methoxy groups -OCH3 is 1. The van der Waals surface area contributed by atoms with E-state index in [4.69, 9.17) is 4.74 Å².